The number of hydrogen-bond acceptors (Lipinski definition) is 4. The Bertz CT molecular complexity index is 936. The molecule has 0 aromatic heterocycles. The number of guanidine groups is 1. The molecule has 4 rings (SSSR count). The van der Waals surface area contributed by atoms with Gasteiger partial charge in [-0.25, -0.2) is 0 Å². The molecule has 0 saturated carbocycles. The predicted molar refractivity (Wildman–Crippen MR) is 131 cm³/mol. The van der Waals surface area contributed by atoms with Crippen molar-refractivity contribution in [1.82, 2.24) is 16.0 Å². The van der Waals surface area contributed by atoms with E-state index < -0.39 is 0 Å². The first-order valence-corrected chi connectivity index (χ1v) is 11.5. The second-order valence-electron chi connectivity index (χ2n) is 8.52. The van der Waals surface area contributed by atoms with Crippen LogP contribution in [-0.2, 0) is 11.3 Å². The van der Waals surface area contributed by atoms with E-state index in [1.807, 2.05) is 0 Å². The third-order valence-electron chi connectivity index (χ3n) is 6.22. The zero-order valence-electron chi connectivity index (χ0n) is 19.1. The normalized spacial score (nSPS) is 17.8. The van der Waals surface area contributed by atoms with E-state index >= 15 is 0 Å². The molecular formula is C25H34N6O. The van der Waals surface area contributed by atoms with Gasteiger partial charge in [0.25, 0.3) is 0 Å². The van der Waals surface area contributed by atoms with E-state index in [2.05, 4.69) is 86.2 Å². The minimum absolute atomic E-state index is 0.0805. The van der Waals surface area contributed by atoms with Crippen LogP contribution in [-0.4, -0.2) is 51.6 Å². The molecule has 2 saturated heterocycles. The van der Waals surface area contributed by atoms with Gasteiger partial charge in [0.1, 0.15) is 0 Å². The molecule has 32 heavy (non-hydrogen) atoms. The number of nitrogens with one attached hydrogen (secondary N) is 3. The fourth-order valence-corrected chi connectivity index (χ4v) is 4.32. The molecule has 2 aliphatic rings. The van der Waals surface area contributed by atoms with Gasteiger partial charge in [-0.15, -0.1) is 0 Å². The first-order valence-electron chi connectivity index (χ1n) is 11.5. The van der Waals surface area contributed by atoms with E-state index in [0.717, 1.165) is 31.3 Å². The molecule has 3 N–H and O–H groups in total. The summed E-state index contributed by atoms with van der Waals surface area (Å²) >= 11 is 0. The number of anilines is 2. The van der Waals surface area contributed by atoms with Gasteiger partial charge in [-0.3, -0.25) is 9.79 Å². The first kappa shape index (κ1) is 22.0. The summed E-state index contributed by atoms with van der Waals surface area (Å²) in [6, 6.07) is 17.3. The Labute approximate surface area is 190 Å². The highest BCUT2D eigenvalue weighted by Crippen LogP contribution is 2.24. The number of amides is 1. The largest absolute Gasteiger partial charge is 0.372 e. The van der Waals surface area contributed by atoms with E-state index in [9.17, 15) is 4.79 Å². The van der Waals surface area contributed by atoms with Crippen molar-refractivity contribution in [2.24, 2.45) is 4.99 Å². The molecule has 2 aliphatic heterocycles. The molecule has 1 amide bonds. The maximum atomic E-state index is 11.6. The fourth-order valence-electron chi connectivity index (χ4n) is 4.32. The Morgan fingerprint density at radius 3 is 2.56 bits per heavy atom. The number of benzene rings is 2. The van der Waals surface area contributed by atoms with Crippen LogP contribution in [0, 0.1) is 0 Å². The Morgan fingerprint density at radius 2 is 1.84 bits per heavy atom. The Balaban J connectivity index is 1.31. The fraction of sp³-hybridized carbons (Fsp3) is 0.440. The summed E-state index contributed by atoms with van der Waals surface area (Å²) in [4.78, 5) is 20.6. The van der Waals surface area contributed by atoms with E-state index in [0.29, 0.717) is 19.6 Å². The number of hydrogen-bond donors (Lipinski definition) is 3. The van der Waals surface area contributed by atoms with Gasteiger partial charge in [-0.2, -0.15) is 0 Å². The van der Waals surface area contributed by atoms with Crippen molar-refractivity contribution < 1.29 is 4.79 Å². The molecule has 2 heterocycles. The molecule has 1 unspecified atom stereocenters. The maximum absolute atomic E-state index is 11.6. The van der Waals surface area contributed by atoms with Gasteiger partial charge in [0.2, 0.25) is 5.91 Å². The van der Waals surface area contributed by atoms with Gasteiger partial charge in [-0.1, -0.05) is 24.3 Å². The minimum Gasteiger partial charge on any atom is -0.372 e. The highest BCUT2D eigenvalue weighted by molar-refractivity contribution is 5.82. The number of rotatable bonds is 6. The Hall–Kier alpha value is -3.22. The molecular weight excluding hydrogens is 400 g/mol. The lowest BCUT2D eigenvalue weighted by molar-refractivity contribution is -0.120. The number of carbonyl (C=O) groups is 1. The zero-order chi connectivity index (χ0) is 22.3. The molecule has 0 aliphatic carbocycles. The summed E-state index contributed by atoms with van der Waals surface area (Å²) < 4.78 is 0. The number of carbonyl (C=O) groups excluding carboxylic acids is 1. The third-order valence-corrected chi connectivity index (χ3v) is 6.22. The number of aliphatic imine (C=N–C) groups is 1. The smallest absolute Gasteiger partial charge is 0.239 e. The van der Waals surface area contributed by atoms with Crippen LogP contribution in [0.15, 0.2) is 53.5 Å². The average Bonchev–Trinajstić information content (AvgIpc) is 3.37. The van der Waals surface area contributed by atoms with Crippen molar-refractivity contribution in [3.63, 3.8) is 0 Å². The zero-order valence-corrected chi connectivity index (χ0v) is 19.1. The van der Waals surface area contributed by atoms with Crippen LogP contribution >= 0.6 is 0 Å². The van der Waals surface area contributed by atoms with Crippen molar-refractivity contribution in [3.8, 4) is 0 Å². The molecule has 2 aromatic carbocycles. The number of piperazine rings is 1. The summed E-state index contributed by atoms with van der Waals surface area (Å²) in [5.41, 5.74) is 4.81. The summed E-state index contributed by atoms with van der Waals surface area (Å²) in [6.45, 7) is 7.11. The second-order valence-corrected chi connectivity index (χ2v) is 8.52. The van der Waals surface area contributed by atoms with Crippen molar-refractivity contribution in [1.29, 1.82) is 0 Å². The molecule has 7 heteroatoms. The van der Waals surface area contributed by atoms with Gasteiger partial charge >= 0.3 is 0 Å². The van der Waals surface area contributed by atoms with E-state index in [1.54, 1.807) is 7.05 Å². The Morgan fingerprint density at radius 1 is 1.06 bits per heavy atom. The summed E-state index contributed by atoms with van der Waals surface area (Å²) in [5, 5.41) is 9.78. The SMILES string of the molecule is CN=C(NCc1ccc(N2CCNC(=O)C2)cc1)NC(C)c1cccc(N2CCCC2)c1. The summed E-state index contributed by atoms with van der Waals surface area (Å²) in [5.74, 6) is 0.859. The van der Waals surface area contributed by atoms with Gasteiger partial charge in [0.15, 0.2) is 5.96 Å². The molecule has 170 valence electrons. The van der Waals surface area contributed by atoms with Crippen LogP contribution in [0.2, 0.25) is 0 Å². The Kier molecular flexibility index (Phi) is 7.14. The first-order chi connectivity index (χ1) is 15.6. The topological polar surface area (TPSA) is 72.0 Å². The van der Waals surface area contributed by atoms with Crippen LogP contribution in [0.4, 0.5) is 11.4 Å². The lowest BCUT2D eigenvalue weighted by Crippen LogP contribution is -2.47. The number of nitrogens with zero attached hydrogens (tertiary/aromatic N) is 3. The van der Waals surface area contributed by atoms with E-state index in [-0.39, 0.29) is 11.9 Å². The van der Waals surface area contributed by atoms with Crippen molar-refractivity contribution in [2.45, 2.75) is 32.4 Å². The van der Waals surface area contributed by atoms with Crippen LogP contribution < -0.4 is 25.8 Å². The van der Waals surface area contributed by atoms with Crippen molar-refractivity contribution in [2.75, 3.05) is 49.6 Å². The van der Waals surface area contributed by atoms with Crippen LogP contribution in [0.1, 0.15) is 36.9 Å². The third kappa shape index (κ3) is 5.52. The highest BCUT2D eigenvalue weighted by Gasteiger charge is 2.17. The quantitative estimate of drug-likeness (QED) is 0.482. The molecule has 0 spiro atoms. The maximum Gasteiger partial charge on any atom is 0.239 e. The lowest BCUT2D eigenvalue weighted by atomic mass is 10.1. The molecule has 2 aromatic rings. The summed E-state index contributed by atoms with van der Waals surface area (Å²) in [7, 11) is 1.80. The van der Waals surface area contributed by atoms with Crippen LogP contribution in [0.5, 0.6) is 0 Å². The molecule has 0 bridgehead atoms. The van der Waals surface area contributed by atoms with E-state index in [1.165, 1.54) is 29.7 Å². The van der Waals surface area contributed by atoms with Gasteiger partial charge < -0.3 is 25.8 Å². The van der Waals surface area contributed by atoms with Crippen molar-refractivity contribution >= 4 is 23.2 Å². The lowest BCUT2D eigenvalue weighted by Gasteiger charge is -2.28. The predicted octanol–water partition coefficient (Wildman–Crippen LogP) is 2.65. The van der Waals surface area contributed by atoms with Crippen LogP contribution in [0.25, 0.3) is 0 Å². The second kappa shape index (κ2) is 10.4. The molecule has 7 nitrogen and oxygen atoms in total. The standard InChI is InChI=1S/C25H34N6O/c1-19(21-6-5-7-23(16-21)30-13-3-4-14-30)29-25(26-2)28-17-20-8-10-22(11-9-20)31-15-12-27-24(32)18-31/h5-11,16,19H,3-4,12-15,17-18H2,1-2H3,(H,27,32)(H2,26,28,29). The average molecular weight is 435 g/mol. The van der Waals surface area contributed by atoms with Gasteiger partial charge in [0, 0.05) is 51.1 Å². The molecule has 1 atom stereocenters. The van der Waals surface area contributed by atoms with Crippen molar-refractivity contribution in [3.05, 3.63) is 59.7 Å². The molecule has 0 radical (unpaired) electrons. The van der Waals surface area contributed by atoms with Gasteiger partial charge in [0.05, 0.1) is 12.6 Å². The monoisotopic (exact) mass is 434 g/mol. The minimum atomic E-state index is 0.0805. The highest BCUT2D eigenvalue weighted by atomic mass is 16.2. The van der Waals surface area contributed by atoms with E-state index in [4.69, 9.17) is 0 Å². The molecule has 2 fully saturated rings. The van der Waals surface area contributed by atoms with Crippen LogP contribution in [0.3, 0.4) is 0 Å². The summed E-state index contributed by atoms with van der Waals surface area (Å²) in [6.07, 6.45) is 2.56. The van der Waals surface area contributed by atoms with Gasteiger partial charge in [-0.05, 0) is 55.2 Å².